The number of amides is 1. The van der Waals surface area contributed by atoms with E-state index in [0.717, 1.165) is 22.5 Å². The highest BCUT2D eigenvalue weighted by atomic mass is 32.1. The van der Waals surface area contributed by atoms with Crippen LogP contribution in [0.1, 0.15) is 50.6 Å². The van der Waals surface area contributed by atoms with Crippen LogP contribution in [0.5, 0.6) is 0 Å². The van der Waals surface area contributed by atoms with Crippen LogP contribution in [0, 0.1) is 20.8 Å². The van der Waals surface area contributed by atoms with Crippen LogP contribution in [0.15, 0.2) is 54.1 Å². The number of aliphatic hydroxyl groups is 1. The van der Waals surface area contributed by atoms with E-state index in [-0.39, 0.29) is 27.9 Å². The summed E-state index contributed by atoms with van der Waals surface area (Å²) >= 11 is 0.987. The van der Waals surface area contributed by atoms with Crippen LogP contribution in [-0.4, -0.2) is 34.4 Å². The Hall–Kier alpha value is -3.78. The normalized spacial score (nSPS) is 17.3. The average molecular weight is 477 g/mol. The van der Waals surface area contributed by atoms with Crippen LogP contribution < -0.4 is 4.90 Å². The topological polar surface area (TPSA) is 96.8 Å². The Kier molecular flexibility index (Phi) is 6.34. The summed E-state index contributed by atoms with van der Waals surface area (Å²) in [6.45, 7) is 7.41. The van der Waals surface area contributed by atoms with Crippen molar-refractivity contribution in [2.75, 3.05) is 11.5 Å². The Bertz CT molecular complexity index is 1310. The number of aliphatic hydroxyl groups excluding tert-OH is 1. The van der Waals surface area contributed by atoms with Gasteiger partial charge in [-0.1, -0.05) is 71.0 Å². The summed E-state index contributed by atoms with van der Waals surface area (Å²) in [5.41, 5.74) is 3.46. The van der Waals surface area contributed by atoms with Crippen molar-refractivity contribution in [1.82, 2.24) is 4.98 Å². The smallest absolute Gasteiger partial charge is 0.350 e. The number of benzene rings is 2. The van der Waals surface area contributed by atoms with Gasteiger partial charge in [0.05, 0.1) is 23.9 Å². The molecule has 0 radical (unpaired) electrons. The minimum absolute atomic E-state index is 0.0248. The molecule has 2 heterocycles. The molecule has 0 spiro atoms. The number of aryl methyl sites for hydroxylation is 3. The molecule has 0 bridgehead atoms. The van der Waals surface area contributed by atoms with Crippen molar-refractivity contribution < 1.29 is 24.2 Å². The van der Waals surface area contributed by atoms with Gasteiger partial charge < -0.3 is 9.84 Å². The maximum atomic E-state index is 13.3. The van der Waals surface area contributed by atoms with Crippen LogP contribution in [0.3, 0.4) is 0 Å². The number of anilines is 1. The second-order valence-electron chi connectivity index (χ2n) is 8.08. The number of aromatic nitrogens is 1. The van der Waals surface area contributed by atoms with Gasteiger partial charge >= 0.3 is 11.9 Å². The van der Waals surface area contributed by atoms with Gasteiger partial charge in [-0.3, -0.25) is 14.5 Å². The molecule has 1 aromatic heterocycles. The number of ether oxygens (including phenoxy) is 1. The van der Waals surface area contributed by atoms with Crippen LogP contribution in [0.4, 0.5) is 5.13 Å². The van der Waals surface area contributed by atoms with E-state index in [9.17, 15) is 19.5 Å². The second-order valence-corrected chi connectivity index (χ2v) is 9.05. The zero-order chi connectivity index (χ0) is 24.6. The van der Waals surface area contributed by atoms with E-state index in [2.05, 4.69) is 4.98 Å². The van der Waals surface area contributed by atoms with Crippen LogP contribution >= 0.6 is 11.3 Å². The van der Waals surface area contributed by atoms with E-state index >= 15 is 0 Å². The summed E-state index contributed by atoms with van der Waals surface area (Å²) < 4.78 is 5.10. The number of esters is 1. The third-order valence-corrected chi connectivity index (χ3v) is 6.75. The number of hydrogen-bond donors (Lipinski definition) is 1. The lowest BCUT2D eigenvalue weighted by atomic mass is 9.94. The molecular formula is C26H24N2O5S. The minimum Gasteiger partial charge on any atom is -0.507 e. The molecule has 34 heavy (non-hydrogen) atoms. The average Bonchev–Trinajstić information content (AvgIpc) is 3.31. The molecule has 2 aromatic carbocycles. The quantitative estimate of drug-likeness (QED) is 0.244. The highest BCUT2D eigenvalue weighted by Gasteiger charge is 2.48. The van der Waals surface area contributed by atoms with E-state index in [4.69, 9.17) is 4.74 Å². The molecule has 8 heteroatoms. The van der Waals surface area contributed by atoms with Crippen molar-refractivity contribution in [2.24, 2.45) is 0 Å². The fourth-order valence-electron chi connectivity index (χ4n) is 3.83. The van der Waals surface area contributed by atoms with E-state index in [1.165, 1.54) is 4.90 Å². The van der Waals surface area contributed by atoms with Gasteiger partial charge in [0.2, 0.25) is 0 Å². The van der Waals surface area contributed by atoms with E-state index in [1.807, 2.05) is 50.2 Å². The van der Waals surface area contributed by atoms with E-state index in [1.54, 1.807) is 26.0 Å². The van der Waals surface area contributed by atoms with Crippen LogP contribution in [0.2, 0.25) is 0 Å². The molecule has 0 unspecified atom stereocenters. The van der Waals surface area contributed by atoms with Crippen molar-refractivity contribution in [3.63, 3.8) is 0 Å². The summed E-state index contributed by atoms with van der Waals surface area (Å²) in [6, 6.07) is 13.5. The maximum Gasteiger partial charge on any atom is 0.350 e. The van der Waals surface area contributed by atoms with Crippen molar-refractivity contribution in [2.45, 2.75) is 33.7 Å². The first kappa shape index (κ1) is 23.4. The molecule has 1 aliphatic heterocycles. The number of Topliss-reactive ketones (excluding diaryl/α,β-unsaturated/α-hetero) is 1. The number of carbonyl (C=O) groups excluding carboxylic acids is 3. The lowest BCUT2D eigenvalue weighted by Gasteiger charge is -2.23. The minimum atomic E-state index is -0.900. The number of ketones is 1. The number of thiazole rings is 1. The van der Waals surface area contributed by atoms with Crippen LogP contribution in [0.25, 0.3) is 5.76 Å². The molecule has 0 saturated carbocycles. The monoisotopic (exact) mass is 476 g/mol. The Morgan fingerprint density at radius 3 is 2.21 bits per heavy atom. The molecule has 1 atom stereocenters. The Balaban J connectivity index is 1.90. The van der Waals surface area contributed by atoms with E-state index in [0.29, 0.717) is 16.8 Å². The van der Waals surface area contributed by atoms with Gasteiger partial charge in [0.15, 0.2) is 5.13 Å². The standard InChI is InChI=1S/C26H24N2O5S/c1-5-33-25(32)23-16(4)27-26(34-23)28-20(17-10-6-14(2)7-11-17)19(22(30)24(28)31)21(29)18-12-8-15(3)9-13-18/h6-13,20,29H,5H2,1-4H3/b21-19+/t20-/m1/s1. The van der Waals surface area contributed by atoms with Gasteiger partial charge in [0.25, 0.3) is 5.78 Å². The summed E-state index contributed by atoms with van der Waals surface area (Å²) in [5, 5.41) is 11.3. The largest absolute Gasteiger partial charge is 0.507 e. The first-order valence-corrected chi connectivity index (χ1v) is 11.6. The fraction of sp³-hybridized carbons (Fsp3) is 0.231. The predicted octanol–water partition coefficient (Wildman–Crippen LogP) is 4.87. The first-order valence-electron chi connectivity index (χ1n) is 10.8. The van der Waals surface area contributed by atoms with Gasteiger partial charge in [0, 0.05) is 5.56 Å². The first-order chi connectivity index (χ1) is 16.2. The van der Waals surface area contributed by atoms with Gasteiger partial charge in [0.1, 0.15) is 10.6 Å². The van der Waals surface area contributed by atoms with Crippen molar-refractivity contribution in [3.8, 4) is 0 Å². The number of carbonyl (C=O) groups is 3. The van der Waals surface area contributed by atoms with Gasteiger partial charge in [-0.25, -0.2) is 9.78 Å². The predicted molar refractivity (Wildman–Crippen MR) is 130 cm³/mol. The van der Waals surface area contributed by atoms with Crippen molar-refractivity contribution in [1.29, 1.82) is 0 Å². The van der Waals surface area contributed by atoms with E-state index < -0.39 is 23.7 Å². The lowest BCUT2D eigenvalue weighted by Crippen LogP contribution is -2.29. The number of hydrogen-bond acceptors (Lipinski definition) is 7. The summed E-state index contributed by atoms with van der Waals surface area (Å²) in [6.07, 6.45) is 0. The highest BCUT2D eigenvalue weighted by Crippen LogP contribution is 2.44. The molecule has 1 fully saturated rings. The summed E-state index contributed by atoms with van der Waals surface area (Å²) in [5.74, 6) is -2.42. The zero-order valence-electron chi connectivity index (χ0n) is 19.3. The SMILES string of the molecule is CCOC(=O)c1sc(N2C(=O)C(=O)/C(=C(/O)c3ccc(C)cc3)[C@H]2c2ccc(C)cc2)nc1C. The number of nitrogens with zero attached hydrogens (tertiary/aromatic N) is 2. The van der Waals surface area contributed by atoms with Gasteiger partial charge in [-0.15, -0.1) is 0 Å². The molecule has 1 N–H and O–H groups in total. The van der Waals surface area contributed by atoms with Crippen molar-refractivity contribution >= 4 is 39.9 Å². The molecule has 7 nitrogen and oxygen atoms in total. The highest BCUT2D eigenvalue weighted by molar-refractivity contribution is 7.17. The fourth-order valence-corrected chi connectivity index (χ4v) is 4.82. The third-order valence-electron chi connectivity index (χ3n) is 5.61. The molecule has 1 amide bonds. The molecule has 0 aliphatic carbocycles. The summed E-state index contributed by atoms with van der Waals surface area (Å²) in [7, 11) is 0. The van der Waals surface area contributed by atoms with Gasteiger partial charge in [-0.2, -0.15) is 0 Å². The number of rotatable bonds is 5. The zero-order valence-corrected chi connectivity index (χ0v) is 20.1. The molecular weight excluding hydrogens is 452 g/mol. The molecule has 1 aliphatic rings. The Morgan fingerprint density at radius 2 is 1.62 bits per heavy atom. The van der Waals surface area contributed by atoms with Crippen molar-refractivity contribution in [3.05, 3.63) is 86.9 Å². The Morgan fingerprint density at radius 1 is 1.03 bits per heavy atom. The Labute approximate surface area is 201 Å². The molecule has 4 rings (SSSR count). The van der Waals surface area contributed by atoms with Gasteiger partial charge in [-0.05, 0) is 33.3 Å². The third kappa shape index (κ3) is 4.12. The van der Waals surface area contributed by atoms with Crippen LogP contribution in [-0.2, 0) is 14.3 Å². The molecule has 3 aromatic rings. The second kappa shape index (κ2) is 9.23. The molecule has 174 valence electrons. The maximum absolute atomic E-state index is 13.3. The molecule has 1 saturated heterocycles. The summed E-state index contributed by atoms with van der Waals surface area (Å²) in [4.78, 5) is 44.8. The lowest BCUT2D eigenvalue weighted by molar-refractivity contribution is -0.132.